The number of nitrogens with zero attached hydrogens (tertiary/aromatic N) is 1. The summed E-state index contributed by atoms with van der Waals surface area (Å²) in [5, 5.41) is 9.07. The van der Waals surface area contributed by atoms with E-state index >= 15 is 0 Å². The third-order valence-electron chi connectivity index (χ3n) is 3.42. The van der Waals surface area contributed by atoms with Crippen molar-refractivity contribution in [1.29, 1.82) is 0 Å². The van der Waals surface area contributed by atoms with Crippen LogP contribution in [0.2, 0.25) is 0 Å². The number of sulfonamides is 1. The summed E-state index contributed by atoms with van der Waals surface area (Å²) in [7, 11) is -3.71. The van der Waals surface area contributed by atoms with Gasteiger partial charge < -0.3 is 16.6 Å². The summed E-state index contributed by atoms with van der Waals surface area (Å²) < 4.78 is 26.2. The summed E-state index contributed by atoms with van der Waals surface area (Å²) in [6, 6.07) is 3.89. The highest BCUT2D eigenvalue weighted by Gasteiger charge is 2.33. The van der Waals surface area contributed by atoms with E-state index in [1.807, 2.05) is 0 Å². The standard InChI is InChI=1S/C12H17N3O4S/c13-10-5-9(12(14)17)1-2-11(10)20(18,19)15-4-3-8(6-15)7-16/h1-2,5,8,16H,3-4,6-7,13H2,(H2,14,17). The molecule has 7 nitrogen and oxygen atoms in total. The second-order valence-corrected chi connectivity index (χ2v) is 6.72. The molecule has 0 radical (unpaired) electrons. The Bertz CT molecular complexity index is 630. The molecule has 2 rings (SSSR count). The van der Waals surface area contributed by atoms with Gasteiger partial charge in [-0.25, -0.2) is 8.42 Å². The first-order chi connectivity index (χ1) is 9.36. The van der Waals surface area contributed by atoms with E-state index in [4.69, 9.17) is 16.6 Å². The SMILES string of the molecule is NC(=O)c1ccc(S(=O)(=O)N2CCC(CO)C2)c(N)c1. The van der Waals surface area contributed by atoms with Gasteiger partial charge in [0, 0.05) is 25.3 Å². The van der Waals surface area contributed by atoms with Crippen LogP contribution < -0.4 is 11.5 Å². The third-order valence-corrected chi connectivity index (χ3v) is 5.36. The number of nitrogens with two attached hydrogens (primary N) is 2. The Hall–Kier alpha value is -1.64. The number of anilines is 1. The average molecular weight is 299 g/mol. The van der Waals surface area contributed by atoms with Crippen molar-refractivity contribution in [2.75, 3.05) is 25.4 Å². The number of carbonyl (C=O) groups is 1. The normalized spacial score (nSPS) is 20.1. The van der Waals surface area contributed by atoms with E-state index in [0.29, 0.717) is 13.0 Å². The molecule has 8 heteroatoms. The number of primary amides is 1. The fourth-order valence-electron chi connectivity index (χ4n) is 2.24. The summed E-state index contributed by atoms with van der Waals surface area (Å²) in [6.45, 7) is 0.586. The van der Waals surface area contributed by atoms with Crippen LogP contribution in [0.15, 0.2) is 23.1 Å². The van der Waals surface area contributed by atoms with Crippen molar-refractivity contribution in [2.45, 2.75) is 11.3 Å². The predicted molar refractivity (Wildman–Crippen MR) is 73.3 cm³/mol. The van der Waals surface area contributed by atoms with E-state index in [1.54, 1.807) is 0 Å². The molecule has 0 spiro atoms. The first-order valence-corrected chi connectivity index (χ1v) is 7.60. The molecule has 1 atom stereocenters. The number of benzene rings is 1. The van der Waals surface area contributed by atoms with Crippen LogP contribution in [-0.2, 0) is 10.0 Å². The maximum absolute atomic E-state index is 12.4. The zero-order valence-electron chi connectivity index (χ0n) is 10.8. The van der Waals surface area contributed by atoms with Crippen LogP contribution >= 0.6 is 0 Å². The molecule has 1 unspecified atom stereocenters. The summed E-state index contributed by atoms with van der Waals surface area (Å²) in [4.78, 5) is 11.0. The van der Waals surface area contributed by atoms with Crippen molar-refractivity contribution in [3.63, 3.8) is 0 Å². The van der Waals surface area contributed by atoms with Gasteiger partial charge in [0.1, 0.15) is 4.90 Å². The van der Waals surface area contributed by atoms with Gasteiger partial charge in [-0.3, -0.25) is 4.79 Å². The smallest absolute Gasteiger partial charge is 0.248 e. The predicted octanol–water partition coefficient (Wildman–Crippen LogP) is -0.629. The first kappa shape index (κ1) is 14.8. The van der Waals surface area contributed by atoms with Gasteiger partial charge in [-0.1, -0.05) is 0 Å². The molecule has 0 aliphatic carbocycles. The van der Waals surface area contributed by atoms with Gasteiger partial charge in [-0.15, -0.1) is 0 Å². The fourth-order valence-corrected chi connectivity index (χ4v) is 3.87. The Labute approximate surface area is 117 Å². The summed E-state index contributed by atoms with van der Waals surface area (Å²) in [6.07, 6.45) is 0.620. The van der Waals surface area contributed by atoms with Gasteiger partial charge >= 0.3 is 0 Å². The minimum atomic E-state index is -3.71. The van der Waals surface area contributed by atoms with E-state index in [-0.39, 0.29) is 35.2 Å². The highest BCUT2D eigenvalue weighted by Crippen LogP contribution is 2.28. The molecule has 1 aromatic carbocycles. The monoisotopic (exact) mass is 299 g/mol. The van der Waals surface area contributed by atoms with Gasteiger partial charge in [0.15, 0.2) is 0 Å². The summed E-state index contributed by atoms with van der Waals surface area (Å²) in [5.74, 6) is -0.710. The van der Waals surface area contributed by atoms with Crippen LogP contribution in [0, 0.1) is 5.92 Å². The molecule has 110 valence electrons. The Balaban J connectivity index is 2.33. The number of hydrogen-bond acceptors (Lipinski definition) is 5. The van der Waals surface area contributed by atoms with Crippen molar-refractivity contribution in [2.24, 2.45) is 11.7 Å². The molecular formula is C12H17N3O4S. The van der Waals surface area contributed by atoms with Gasteiger partial charge in [-0.2, -0.15) is 4.31 Å². The Morgan fingerprint density at radius 1 is 1.45 bits per heavy atom. The molecule has 0 aromatic heterocycles. The molecule has 1 aliphatic rings. The van der Waals surface area contributed by atoms with Crippen LogP contribution in [0.25, 0.3) is 0 Å². The lowest BCUT2D eigenvalue weighted by Crippen LogP contribution is -2.30. The second-order valence-electron chi connectivity index (χ2n) is 4.82. The average Bonchev–Trinajstić information content (AvgIpc) is 2.87. The van der Waals surface area contributed by atoms with Gasteiger partial charge in [-0.05, 0) is 30.5 Å². The Morgan fingerprint density at radius 3 is 2.65 bits per heavy atom. The lowest BCUT2D eigenvalue weighted by Gasteiger charge is -2.17. The van der Waals surface area contributed by atoms with Crippen molar-refractivity contribution >= 4 is 21.6 Å². The number of hydrogen-bond donors (Lipinski definition) is 3. The van der Waals surface area contributed by atoms with Crippen molar-refractivity contribution in [3.8, 4) is 0 Å². The van der Waals surface area contributed by atoms with Gasteiger partial charge in [0.2, 0.25) is 15.9 Å². The first-order valence-electron chi connectivity index (χ1n) is 6.16. The van der Waals surface area contributed by atoms with Gasteiger partial charge in [0.05, 0.1) is 5.69 Å². The second kappa shape index (κ2) is 5.39. The summed E-state index contributed by atoms with van der Waals surface area (Å²) in [5.41, 5.74) is 11.0. The molecular weight excluding hydrogens is 282 g/mol. The minimum Gasteiger partial charge on any atom is -0.398 e. The maximum Gasteiger partial charge on any atom is 0.248 e. The number of amides is 1. The number of aliphatic hydroxyl groups excluding tert-OH is 1. The highest BCUT2D eigenvalue weighted by atomic mass is 32.2. The molecule has 1 fully saturated rings. The van der Waals surface area contributed by atoms with Crippen LogP contribution in [0.1, 0.15) is 16.8 Å². The topological polar surface area (TPSA) is 127 Å². The van der Waals surface area contributed by atoms with E-state index in [0.717, 1.165) is 0 Å². The van der Waals surface area contributed by atoms with E-state index in [9.17, 15) is 13.2 Å². The number of carbonyl (C=O) groups excluding carboxylic acids is 1. The Morgan fingerprint density at radius 2 is 2.15 bits per heavy atom. The zero-order chi connectivity index (χ0) is 14.9. The fraction of sp³-hybridized carbons (Fsp3) is 0.417. The van der Waals surface area contributed by atoms with E-state index in [2.05, 4.69) is 0 Å². The number of nitrogen functional groups attached to an aromatic ring is 1. The van der Waals surface area contributed by atoms with Crippen LogP contribution in [0.3, 0.4) is 0 Å². The Kier molecular flexibility index (Phi) is 3.98. The molecule has 0 saturated carbocycles. The van der Waals surface area contributed by atoms with Crippen LogP contribution in [0.4, 0.5) is 5.69 Å². The highest BCUT2D eigenvalue weighted by molar-refractivity contribution is 7.89. The molecule has 1 saturated heterocycles. The molecule has 20 heavy (non-hydrogen) atoms. The minimum absolute atomic E-state index is 0.00579. The maximum atomic E-state index is 12.4. The lowest BCUT2D eigenvalue weighted by atomic mass is 10.1. The molecule has 5 N–H and O–H groups in total. The van der Waals surface area contributed by atoms with Crippen LogP contribution in [0.5, 0.6) is 0 Å². The quantitative estimate of drug-likeness (QED) is 0.638. The molecule has 1 amide bonds. The molecule has 1 aliphatic heterocycles. The number of rotatable bonds is 4. The summed E-state index contributed by atoms with van der Waals surface area (Å²) >= 11 is 0. The largest absolute Gasteiger partial charge is 0.398 e. The van der Waals surface area contributed by atoms with E-state index < -0.39 is 15.9 Å². The van der Waals surface area contributed by atoms with Crippen molar-refractivity contribution in [1.82, 2.24) is 4.31 Å². The molecule has 1 aromatic rings. The van der Waals surface area contributed by atoms with Crippen molar-refractivity contribution in [3.05, 3.63) is 23.8 Å². The van der Waals surface area contributed by atoms with E-state index in [1.165, 1.54) is 22.5 Å². The van der Waals surface area contributed by atoms with Crippen LogP contribution in [-0.4, -0.2) is 43.4 Å². The lowest BCUT2D eigenvalue weighted by molar-refractivity contribution is 0.1000. The third kappa shape index (κ3) is 2.62. The van der Waals surface area contributed by atoms with Gasteiger partial charge in [0.25, 0.3) is 0 Å². The molecule has 0 bridgehead atoms. The number of aliphatic hydroxyl groups is 1. The molecule has 1 heterocycles. The van der Waals surface area contributed by atoms with Crippen molar-refractivity contribution < 1.29 is 18.3 Å². The zero-order valence-corrected chi connectivity index (χ0v) is 11.6.